The number of hydrazine groups is 1. The van der Waals surface area contributed by atoms with Gasteiger partial charge in [-0.15, -0.1) is 0 Å². The number of para-hydroxylation sites is 1. The summed E-state index contributed by atoms with van der Waals surface area (Å²) in [6.07, 6.45) is 3.57. The first kappa shape index (κ1) is 15.7. The lowest BCUT2D eigenvalue weighted by Crippen LogP contribution is -2.37. The van der Waals surface area contributed by atoms with E-state index in [1.165, 1.54) is 5.56 Å². The molecule has 2 fully saturated rings. The third-order valence-electron chi connectivity index (χ3n) is 4.37. The van der Waals surface area contributed by atoms with Crippen LogP contribution in [0, 0.1) is 0 Å². The molecule has 0 aliphatic carbocycles. The van der Waals surface area contributed by atoms with Crippen LogP contribution in [0.15, 0.2) is 24.3 Å². The van der Waals surface area contributed by atoms with Crippen molar-refractivity contribution in [1.29, 1.82) is 0 Å². The minimum absolute atomic E-state index is 0.254. The van der Waals surface area contributed by atoms with Gasteiger partial charge in [0.15, 0.2) is 0 Å². The van der Waals surface area contributed by atoms with Crippen LogP contribution in [0.4, 0.5) is 0 Å². The largest absolute Gasteiger partial charge is 0.491 e. The van der Waals surface area contributed by atoms with Gasteiger partial charge in [-0.1, -0.05) is 25.1 Å². The van der Waals surface area contributed by atoms with Gasteiger partial charge in [-0.2, -0.15) is 0 Å². The zero-order valence-corrected chi connectivity index (χ0v) is 13.3. The van der Waals surface area contributed by atoms with E-state index in [0.29, 0.717) is 18.7 Å². The highest BCUT2D eigenvalue weighted by molar-refractivity contribution is 5.36. The number of nitrogens with one attached hydrogen (secondary N) is 3. The molecule has 2 heterocycles. The van der Waals surface area contributed by atoms with E-state index >= 15 is 0 Å². The Morgan fingerprint density at radius 1 is 1.32 bits per heavy atom. The van der Waals surface area contributed by atoms with Crippen molar-refractivity contribution in [1.82, 2.24) is 16.2 Å². The summed E-state index contributed by atoms with van der Waals surface area (Å²) in [7, 11) is 0. The summed E-state index contributed by atoms with van der Waals surface area (Å²) in [5.74, 6) is 0.974. The Morgan fingerprint density at radius 3 is 3.05 bits per heavy atom. The van der Waals surface area contributed by atoms with Gasteiger partial charge in [-0.25, -0.2) is 5.43 Å². The van der Waals surface area contributed by atoms with Gasteiger partial charge >= 0.3 is 0 Å². The number of likely N-dealkylation sites (N-methyl/N-ethyl adjacent to an activating group) is 1. The van der Waals surface area contributed by atoms with Crippen molar-refractivity contribution in [3.05, 3.63) is 29.8 Å². The molecular formula is C17H27N3O2. The number of hydrogen-bond donors (Lipinski definition) is 3. The molecule has 2 aliphatic rings. The van der Waals surface area contributed by atoms with Crippen LogP contribution in [0.3, 0.4) is 0 Å². The van der Waals surface area contributed by atoms with Gasteiger partial charge in [0.2, 0.25) is 0 Å². The molecule has 3 unspecified atom stereocenters. The Hall–Kier alpha value is -1.14. The summed E-state index contributed by atoms with van der Waals surface area (Å²) in [6.45, 7) is 5.64. The second kappa shape index (κ2) is 7.92. The second-order valence-corrected chi connectivity index (χ2v) is 6.07. The van der Waals surface area contributed by atoms with Gasteiger partial charge in [0.05, 0.1) is 12.1 Å². The fraction of sp³-hybridized carbons (Fsp3) is 0.647. The molecular weight excluding hydrogens is 278 g/mol. The number of hydrogen-bond acceptors (Lipinski definition) is 5. The maximum Gasteiger partial charge on any atom is 0.124 e. The van der Waals surface area contributed by atoms with E-state index in [1.807, 2.05) is 6.07 Å². The van der Waals surface area contributed by atoms with E-state index in [1.54, 1.807) is 0 Å². The van der Waals surface area contributed by atoms with Crippen LogP contribution >= 0.6 is 0 Å². The molecule has 3 N–H and O–H groups in total. The minimum atomic E-state index is 0.254. The van der Waals surface area contributed by atoms with Crippen molar-refractivity contribution in [2.75, 3.05) is 26.3 Å². The van der Waals surface area contributed by atoms with Crippen molar-refractivity contribution >= 4 is 0 Å². The topological polar surface area (TPSA) is 54.5 Å². The minimum Gasteiger partial charge on any atom is -0.491 e. The van der Waals surface area contributed by atoms with Crippen molar-refractivity contribution in [3.63, 3.8) is 0 Å². The van der Waals surface area contributed by atoms with Crippen molar-refractivity contribution in [2.45, 2.75) is 44.4 Å². The smallest absolute Gasteiger partial charge is 0.124 e. The Balaban J connectivity index is 1.58. The predicted octanol–water partition coefficient (Wildman–Crippen LogP) is 1.76. The molecule has 1 aromatic rings. The molecule has 0 spiro atoms. The first-order chi connectivity index (χ1) is 10.9. The van der Waals surface area contributed by atoms with E-state index in [0.717, 1.165) is 44.7 Å². The van der Waals surface area contributed by atoms with E-state index in [9.17, 15) is 0 Å². The van der Waals surface area contributed by atoms with E-state index in [4.69, 9.17) is 9.47 Å². The summed E-state index contributed by atoms with van der Waals surface area (Å²) >= 11 is 0. The molecule has 0 radical (unpaired) electrons. The Labute approximate surface area is 132 Å². The van der Waals surface area contributed by atoms with Crippen LogP contribution in [0.2, 0.25) is 0 Å². The molecule has 0 saturated carbocycles. The first-order valence-corrected chi connectivity index (χ1v) is 8.42. The Kier molecular flexibility index (Phi) is 5.67. The van der Waals surface area contributed by atoms with Gasteiger partial charge in [-0.05, 0) is 31.9 Å². The summed E-state index contributed by atoms with van der Waals surface area (Å²) in [5.41, 5.74) is 8.00. The SMILES string of the molecule is CCNCC1CC(c2ccccc2OCC2CCCO2)NN1. The monoisotopic (exact) mass is 305 g/mol. The number of benzene rings is 1. The van der Waals surface area contributed by atoms with Crippen molar-refractivity contribution in [2.24, 2.45) is 0 Å². The molecule has 0 bridgehead atoms. The lowest BCUT2D eigenvalue weighted by atomic mass is 10.0. The molecule has 22 heavy (non-hydrogen) atoms. The number of rotatable bonds is 7. The summed E-state index contributed by atoms with van der Waals surface area (Å²) in [5, 5.41) is 3.39. The lowest BCUT2D eigenvalue weighted by molar-refractivity contribution is 0.0674. The molecule has 3 atom stereocenters. The highest BCUT2D eigenvalue weighted by Crippen LogP contribution is 2.30. The van der Waals surface area contributed by atoms with E-state index in [2.05, 4.69) is 41.3 Å². The standard InChI is InChI=1S/C17H27N3O2/c1-2-18-11-13-10-16(20-19-13)15-7-3-4-8-17(15)22-12-14-6-5-9-21-14/h3-4,7-8,13-14,16,18-20H,2,5-6,9-12H2,1H3. The van der Waals surface area contributed by atoms with Crippen LogP contribution in [0.1, 0.15) is 37.8 Å². The van der Waals surface area contributed by atoms with Crippen LogP contribution < -0.4 is 20.9 Å². The Morgan fingerprint density at radius 2 is 2.23 bits per heavy atom. The summed E-state index contributed by atoms with van der Waals surface area (Å²) in [4.78, 5) is 0. The Bertz CT molecular complexity index is 463. The van der Waals surface area contributed by atoms with Crippen LogP contribution in [-0.2, 0) is 4.74 Å². The summed E-state index contributed by atoms with van der Waals surface area (Å²) in [6, 6.07) is 9.07. The molecule has 0 amide bonds. The number of ether oxygens (including phenoxy) is 2. The van der Waals surface area contributed by atoms with Crippen molar-refractivity contribution < 1.29 is 9.47 Å². The molecule has 5 heteroatoms. The van der Waals surface area contributed by atoms with Gasteiger partial charge in [-0.3, -0.25) is 5.43 Å². The maximum absolute atomic E-state index is 6.04. The van der Waals surface area contributed by atoms with E-state index < -0.39 is 0 Å². The quantitative estimate of drug-likeness (QED) is 0.717. The molecule has 2 saturated heterocycles. The first-order valence-electron chi connectivity index (χ1n) is 8.42. The molecule has 3 rings (SSSR count). The fourth-order valence-electron chi connectivity index (χ4n) is 3.14. The van der Waals surface area contributed by atoms with Crippen LogP contribution in [0.25, 0.3) is 0 Å². The molecule has 2 aliphatic heterocycles. The second-order valence-electron chi connectivity index (χ2n) is 6.07. The molecule has 0 aromatic heterocycles. The average Bonchev–Trinajstić information content (AvgIpc) is 3.23. The van der Waals surface area contributed by atoms with Gasteiger partial charge in [0, 0.05) is 24.8 Å². The molecule has 122 valence electrons. The van der Waals surface area contributed by atoms with E-state index in [-0.39, 0.29) is 6.10 Å². The van der Waals surface area contributed by atoms with Gasteiger partial charge < -0.3 is 14.8 Å². The highest BCUT2D eigenvalue weighted by atomic mass is 16.5. The lowest BCUT2D eigenvalue weighted by Gasteiger charge is -2.18. The molecule has 5 nitrogen and oxygen atoms in total. The molecule has 1 aromatic carbocycles. The van der Waals surface area contributed by atoms with Crippen molar-refractivity contribution in [3.8, 4) is 5.75 Å². The normalized spacial score (nSPS) is 28.1. The third kappa shape index (κ3) is 3.98. The summed E-state index contributed by atoms with van der Waals surface area (Å²) < 4.78 is 11.7. The highest BCUT2D eigenvalue weighted by Gasteiger charge is 2.27. The van der Waals surface area contributed by atoms with Crippen LogP contribution in [-0.4, -0.2) is 38.4 Å². The van der Waals surface area contributed by atoms with Gasteiger partial charge in [0.1, 0.15) is 12.4 Å². The van der Waals surface area contributed by atoms with Gasteiger partial charge in [0.25, 0.3) is 0 Å². The maximum atomic E-state index is 6.04. The predicted molar refractivity (Wildman–Crippen MR) is 86.9 cm³/mol. The fourth-order valence-corrected chi connectivity index (χ4v) is 3.14. The third-order valence-corrected chi connectivity index (χ3v) is 4.37. The zero-order valence-electron chi connectivity index (χ0n) is 13.3. The average molecular weight is 305 g/mol. The van der Waals surface area contributed by atoms with Crippen LogP contribution in [0.5, 0.6) is 5.75 Å². The zero-order chi connectivity index (χ0) is 15.2.